The summed E-state index contributed by atoms with van der Waals surface area (Å²) in [5.41, 5.74) is -0.671. The Kier molecular flexibility index (Phi) is 5.15. The number of benzene rings is 1. The summed E-state index contributed by atoms with van der Waals surface area (Å²) < 4.78 is 44.1. The quantitative estimate of drug-likeness (QED) is 0.775. The fourth-order valence-corrected chi connectivity index (χ4v) is 4.18. The molecule has 2 unspecified atom stereocenters. The molecule has 0 saturated carbocycles. The number of likely N-dealkylation sites (tertiary alicyclic amines) is 1. The summed E-state index contributed by atoms with van der Waals surface area (Å²) >= 11 is 1.74. The number of hydrogen-bond acceptors (Lipinski definition) is 3. The highest BCUT2D eigenvalue weighted by Gasteiger charge is 2.32. The summed E-state index contributed by atoms with van der Waals surface area (Å²) in [5, 5.41) is 2.07. The van der Waals surface area contributed by atoms with E-state index in [9.17, 15) is 13.2 Å². The maximum absolute atomic E-state index is 12.8. The van der Waals surface area contributed by atoms with Crippen LogP contribution in [0.4, 0.5) is 13.2 Å². The molecule has 1 aliphatic heterocycles. The average molecular weight is 355 g/mol. The Labute approximate surface area is 143 Å². The Hall–Kier alpha value is -1.53. The largest absolute Gasteiger partial charge is 0.493 e. The Bertz CT molecular complexity index is 657. The van der Waals surface area contributed by atoms with E-state index in [2.05, 4.69) is 23.4 Å². The molecule has 1 saturated heterocycles. The molecule has 0 aliphatic carbocycles. The third-order valence-corrected chi connectivity index (χ3v) is 5.48. The molecule has 0 bridgehead atoms. The van der Waals surface area contributed by atoms with Crippen molar-refractivity contribution in [1.82, 2.24) is 4.90 Å². The van der Waals surface area contributed by atoms with Crippen molar-refractivity contribution in [3.63, 3.8) is 0 Å². The van der Waals surface area contributed by atoms with Gasteiger partial charge in [0, 0.05) is 23.3 Å². The summed E-state index contributed by atoms with van der Waals surface area (Å²) in [7, 11) is 2.07. The first-order valence-corrected chi connectivity index (χ1v) is 8.83. The van der Waals surface area contributed by atoms with Gasteiger partial charge in [-0.1, -0.05) is 12.1 Å². The zero-order valence-corrected chi connectivity index (χ0v) is 14.2. The molecule has 0 amide bonds. The molecule has 3 rings (SSSR count). The maximum Gasteiger partial charge on any atom is 0.416 e. The number of thiophene rings is 1. The fraction of sp³-hybridized carbons (Fsp3) is 0.444. The minimum atomic E-state index is -4.34. The molecule has 1 fully saturated rings. The van der Waals surface area contributed by atoms with Gasteiger partial charge in [0.05, 0.1) is 12.2 Å². The number of hydrogen-bond donors (Lipinski definition) is 0. The van der Waals surface area contributed by atoms with Crippen molar-refractivity contribution < 1.29 is 17.9 Å². The molecule has 6 heteroatoms. The molecule has 1 aliphatic rings. The highest BCUT2D eigenvalue weighted by molar-refractivity contribution is 7.10. The van der Waals surface area contributed by atoms with E-state index >= 15 is 0 Å². The molecular formula is C18H20F3NOS. The second kappa shape index (κ2) is 7.15. The van der Waals surface area contributed by atoms with E-state index in [1.807, 2.05) is 6.07 Å². The predicted molar refractivity (Wildman–Crippen MR) is 89.6 cm³/mol. The molecule has 0 spiro atoms. The monoisotopic (exact) mass is 355 g/mol. The first-order chi connectivity index (χ1) is 11.4. The van der Waals surface area contributed by atoms with Gasteiger partial charge in [0.25, 0.3) is 0 Å². The molecule has 130 valence electrons. The summed E-state index contributed by atoms with van der Waals surface area (Å²) in [6.45, 7) is 2.35. The molecule has 1 aromatic carbocycles. The lowest BCUT2D eigenvalue weighted by molar-refractivity contribution is -0.137. The van der Waals surface area contributed by atoms with Crippen molar-refractivity contribution in [1.29, 1.82) is 0 Å². The Morgan fingerprint density at radius 2 is 2.08 bits per heavy atom. The normalized spacial score (nSPS) is 22.5. The molecule has 2 aromatic rings. The van der Waals surface area contributed by atoms with Crippen LogP contribution in [-0.2, 0) is 6.18 Å². The minimum absolute atomic E-state index is 0.275. The Balaban J connectivity index is 1.69. The van der Waals surface area contributed by atoms with E-state index in [0.29, 0.717) is 12.5 Å². The lowest BCUT2D eigenvalue weighted by Gasteiger charge is -2.36. The van der Waals surface area contributed by atoms with Crippen LogP contribution in [0.2, 0.25) is 0 Å². The summed E-state index contributed by atoms with van der Waals surface area (Å²) in [6.07, 6.45) is -3.29. The molecule has 2 atom stereocenters. The van der Waals surface area contributed by atoms with Crippen LogP contribution in [0.15, 0.2) is 41.8 Å². The summed E-state index contributed by atoms with van der Waals surface area (Å²) in [5.74, 6) is 0.965. The standard InChI is InChI=1S/C18H20F3NOS/c1-22-8-7-16(17-6-3-9-24-17)13(11-22)12-23-15-5-2-4-14(10-15)18(19,20)21/h2-6,9-10,13,16H,7-8,11-12H2,1H3. The third-order valence-electron chi connectivity index (χ3n) is 4.47. The average Bonchev–Trinajstić information content (AvgIpc) is 3.07. The van der Waals surface area contributed by atoms with Gasteiger partial charge < -0.3 is 9.64 Å². The molecule has 2 nitrogen and oxygen atoms in total. The Morgan fingerprint density at radius 1 is 1.25 bits per heavy atom. The van der Waals surface area contributed by atoms with Crippen molar-refractivity contribution in [2.75, 3.05) is 26.7 Å². The van der Waals surface area contributed by atoms with E-state index < -0.39 is 11.7 Å². The molecule has 2 heterocycles. The number of rotatable bonds is 4. The lowest BCUT2D eigenvalue weighted by Crippen LogP contribution is -2.39. The van der Waals surface area contributed by atoms with E-state index in [1.165, 1.54) is 10.9 Å². The van der Waals surface area contributed by atoms with Crippen molar-refractivity contribution in [2.24, 2.45) is 5.92 Å². The molecule has 24 heavy (non-hydrogen) atoms. The van der Waals surface area contributed by atoms with Crippen molar-refractivity contribution in [3.05, 3.63) is 52.2 Å². The maximum atomic E-state index is 12.8. The van der Waals surface area contributed by atoms with Crippen LogP contribution in [0, 0.1) is 5.92 Å². The number of alkyl halides is 3. The first kappa shape index (κ1) is 17.3. The van der Waals surface area contributed by atoms with E-state index in [1.54, 1.807) is 17.4 Å². The number of halogens is 3. The highest BCUT2D eigenvalue weighted by atomic mass is 32.1. The molecule has 0 N–H and O–H groups in total. The van der Waals surface area contributed by atoms with Gasteiger partial charge in [-0.25, -0.2) is 0 Å². The zero-order valence-electron chi connectivity index (χ0n) is 13.4. The molecule has 0 radical (unpaired) electrons. The first-order valence-electron chi connectivity index (χ1n) is 7.95. The van der Waals surface area contributed by atoms with E-state index in [4.69, 9.17) is 4.74 Å². The summed E-state index contributed by atoms with van der Waals surface area (Å²) in [4.78, 5) is 3.59. The number of ether oxygens (including phenoxy) is 1. The van der Waals surface area contributed by atoms with E-state index in [0.717, 1.165) is 31.6 Å². The number of piperidine rings is 1. The second-order valence-corrected chi connectivity index (χ2v) is 7.25. The number of nitrogens with zero attached hydrogens (tertiary/aromatic N) is 1. The van der Waals surface area contributed by atoms with Crippen LogP contribution in [0.3, 0.4) is 0 Å². The van der Waals surface area contributed by atoms with Gasteiger partial charge in [-0.3, -0.25) is 0 Å². The van der Waals surface area contributed by atoms with Crippen molar-refractivity contribution >= 4 is 11.3 Å². The smallest absolute Gasteiger partial charge is 0.416 e. The second-order valence-electron chi connectivity index (χ2n) is 6.27. The molecular weight excluding hydrogens is 335 g/mol. The van der Waals surface area contributed by atoms with Gasteiger partial charge in [-0.2, -0.15) is 13.2 Å². The topological polar surface area (TPSA) is 12.5 Å². The fourth-order valence-electron chi connectivity index (χ4n) is 3.23. The minimum Gasteiger partial charge on any atom is -0.493 e. The lowest BCUT2D eigenvalue weighted by atomic mass is 9.85. The van der Waals surface area contributed by atoms with Crippen LogP contribution in [0.5, 0.6) is 5.75 Å². The van der Waals surface area contributed by atoms with Gasteiger partial charge in [0.15, 0.2) is 0 Å². The van der Waals surface area contributed by atoms with Gasteiger partial charge in [-0.05, 0) is 49.7 Å². The van der Waals surface area contributed by atoms with Crippen LogP contribution >= 0.6 is 11.3 Å². The van der Waals surface area contributed by atoms with Gasteiger partial charge >= 0.3 is 6.18 Å². The van der Waals surface area contributed by atoms with Crippen LogP contribution in [0.1, 0.15) is 22.8 Å². The van der Waals surface area contributed by atoms with Gasteiger partial charge in [-0.15, -0.1) is 11.3 Å². The third kappa shape index (κ3) is 4.11. The van der Waals surface area contributed by atoms with Crippen molar-refractivity contribution in [3.8, 4) is 5.75 Å². The van der Waals surface area contributed by atoms with Crippen molar-refractivity contribution in [2.45, 2.75) is 18.5 Å². The highest BCUT2D eigenvalue weighted by Crippen LogP contribution is 2.36. The molecule has 1 aromatic heterocycles. The Morgan fingerprint density at radius 3 is 2.79 bits per heavy atom. The van der Waals surface area contributed by atoms with E-state index in [-0.39, 0.29) is 11.7 Å². The van der Waals surface area contributed by atoms with Crippen LogP contribution in [-0.4, -0.2) is 31.6 Å². The van der Waals surface area contributed by atoms with Gasteiger partial charge in [0.2, 0.25) is 0 Å². The SMILES string of the molecule is CN1CCC(c2cccs2)C(COc2cccc(C(F)(F)F)c2)C1. The zero-order chi connectivity index (χ0) is 17.2. The van der Waals surface area contributed by atoms with Gasteiger partial charge in [0.1, 0.15) is 5.75 Å². The van der Waals surface area contributed by atoms with Crippen LogP contribution < -0.4 is 4.74 Å². The summed E-state index contributed by atoms with van der Waals surface area (Å²) in [6, 6.07) is 9.30. The van der Waals surface area contributed by atoms with Crippen LogP contribution in [0.25, 0.3) is 0 Å². The predicted octanol–water partition coefficient (Wildman–Crippen LogP) is 4.88.